The molecule has 0 rings (SSSR count). The van der Waals surface area contributed by atoms with Gasteiger partial charge in [-0.05, 0) is 0 Å². The van der Waals surface area contributed by atoms with Gasteiger partial charge in [-0.3, -0.25) is 0 Å². The molecule has 0 aliphatic heterocycles. The van der Waals surface area contributed by atoms with Crippen LogP contribution >= 0.6 is 0 Å². The van der Waals surface area contributed by atoms with E-state index in [1.54, 1.807) is 0 Å². The maximum atomic E-state index is 9.05. The molecule has 2 nitrogen and oxygen atoms in total. The first-order valence-corrected chi connectivity index (χ1v) is 5.83. The Kier molecular flexibility index (Phi) is 55.7. The fraction of sp³-hybridized carbons (Fsp3) is 0. The van der Waals surface area contributed by atoms with Crippen molar-refractivity contribution in [1.82, 2.24) is 0 Å². The molecule has 0 unspecified atom stereocenters. The van der Waals surface area contributed by atoms with Crippen molar-refractivity contribution in [3.8, 4) is 0 Å². The molecule has 0 aromatic heterocycles. The Morgan fingerprint density at radius 3 is 1.60 bits per heavy atom. The van der Waals surface area contributed by atoms with Gasteiger partial charge in [0.05, 0.1) is 0 Å². The van der Waals surface area contributed by atoms with Crippen LogP contribution in [0.5, 0.6) is 0 Å². The maximum Gasteiger partial charge on any atom is -0.870 e. The maximum absolute atomic E-state index is 9.05. The number of hydrogen-bond acceptors (Lipinski definition) is 2. The van der Waals surface area contributed by atoms with Crippen molar-refractivity contribution in [2.75, 3.05) is 0 Å². The molecule has 0 aliphatic carbocycles. The monoisotopic (exact) mass is 177 g/mol. The summed E-state index contributed by atoms with van der Waals surface area (Å²) in [4.78, 5) is 0. The molecule has 0 spiro atoms. The largest absolute Gasteiger partial charge is 0.870 e. The SMILES string of the molecule is O=[SiH][Zr].[MgH+].[OH-]. The van der Waals surface area contributed by atoms with E-state index in [1.807, 2.05) is 0 Å². The van der Waals surface area contributed by atoms with Crippen molar-refractivity contribution in [1.29, 1.82) is 0 Å². The quantitative estimate of drug-likeness (QED) is 0.420. The van der Waals surface area contributed by atoms with Gasteiger partial charge in [0, 0.05) is 0 Å². The van der Waals surface area contributed by atoms with Crippen LogP contribution in [0.15, 0.2) is 0 Å². The fourth-order valence-corrected chi connectivity index (χ4v) is 0. The van der Waals surface area contributed by atoms with Gasteiger partial charge in [-0.2, -0.15) is 0 Å². The number of hydrogen-bond donors (Lipinski definition) is 0. The zero-order chi connectivity index (χ0) is 2.71. The summed E-state index contributed by atoms with van der Waals surface area (Å²) in [5, 5.41) is 0. The Morgan fingerprint density at radius 1 is 1.60 bits per heavy atom. The van der Waals surface area contributed by atoms with Crippen molar-refractivity contribution in [3.05, 3.63) is 0 Å². The smallest absolute Gasteiger partial charge is 0.870 e. The van der Waals surface area contributed by atoms with Gasteiger partial charge < -0.3 is 5.48 Å². The predicted octanol–water partition coefficient (Wildman–Crippen LogP) is -1.60. The van der Waals surface area contributed by atoms with Gasteiger partial charge in [-0.1, -0.05) is 0 Å². The van der Waals surface area contributed by atoms with E-state index < -0.39 is 6.53 Å². The second-order valence-electron chi connectivity index (χ2n) is 0.118. The van der Waals surface area contributed by atoms with Gasteiger partial charge in [0.25, 0.3) is 0 Å². The number of rotatable bonds is 0. The zero-order valence-corrected chi connectivity index (χ0v) is 8.55. The topological polar surface area (TPSA) is 47.1 Å². The van der Waals surface area contributed by atoms with Crippen molar-refractivity contribution in [2.24, 2.45) is 0 Å². The first kappa shape index (κ1) is 16.0. The molecular formula is H3MgO2SiZr. The molecule has 0 fully saturated rings. The molecule has 0 saturated carbocycles. The normalized spacial score (nSPS) is 2.20. The van der Waals surface area contributed by atoms with Gasteiger partial charge >= 0.3 is 57.9 Å². The van der Waals surface area contributed by atoms with Crippen LogP contribution < -0.4 is 0 Å². The molecule has 5 heteroatoms. The summed E-state index contributed by atoms with van der Waals surface area (Å²) in [7, 11) is 0. The van der Waals surface area contributed by atoms with Gasteiger partial charge in [-0.25, -0.2) is 0 Å². The first-order chi connectivity index (χ1) is 1.41. The standard InChI is InChI=1S/Mg.HOSi.H2O.Zr.H/c;1-2;;;/h;2H;1H2;;/q+1;;;;/p-1. The van der Waals surface area contributed by atoms with Crippen LogP contribution in [0.3, 0.4) is 0 Å². The van der Waals surface area contributed by atoms with Crippen LogP contribution in [-0.2, 0) is 28.3 Å². The second-order valence-corrected chi connectivity index (χ2v) is 2.09. The third-order valence-electron chi connectivity index (χ3n) is 0. The summed E-state index contributed by atoms with van der Waals surface area (Å²) in [6.45, 7) is -0.410. The molecular weight excluding hydrogens is 176 g/mol. The molecule has 1 N–H and O–H groups in total. The Hall–Kier alpha value is 1.63. The van der Waals surface area contributed by atoms with Crippen molar-refractivity contribution >= 4 is 29.6 Å². The molecule has 0 aromatic carbocycles. The van der Waals surface area contributed by atoms with Crippen molar-refractivity contribution in [2.45, 2.75) is 0 Å². The summed E-state index contributed by atoms with van der Waals surface area (Å²) in [5.74, 6) is 0. The summed E-state index contributed by atoms with van der Waals surface area (Å²) in [5.41, 5.74) is 0. The van der Waals surface area contributed by atoms with Gasteiger partial charge in [-0.15, -0.1) is 0 Å². The van der Waals surface area contributed by atoms with E-state index in [9.17, 15) is 0 Å². The molecule has 0 amide bonds. The third kappa shape index (κ3) is 28.0. The van der Waals surface area contributed by atoms with E-state index in [-0.39, 0.29) is 28.5 Å². The Bertz CT molecular complexity index is 17.1. The molecule has 0 saturated heterocycles. The van der Waals surface area contributed by atoms with E-state index in [4.69, 9.17) is 4.46 Å². The molecule has 0 aliphatic rings. The van der Waals surface area contributed by atoms with E-state index in [0.717, 1.165) is 23.9 Å². The zero-order valence-electron chi connectivity index (χ0n) is 2.93. The van der Waals surface area contributed by atoms with Gasteiger partial charge in [0.1, 0.15) is 0 Å². The second kappa shape index (κ2) is 17.5. The van der Waals surface area contributed by atoms with Gasteiger partial charge in [0.2, 0.25) is 0 Å². The van der Waals surface area contributed by atoms with Crippen LogP contribution in [0, 0.1) is 0 Å². The summed E-state index contributed by atoms with van der Waals surface area (Å²) >= 11 is 1.16. The third-order valence-corrected chi connectivity index (χ3v) is 0. The van der Waals surface area contributed by atoms with Crippen LogP contribution in [0.1, 0.15) is 0 Å². The Morgan fingerprint density at radius 2 is 1.60 bits per heavy atom. The van der Waals surface area contributed by atoms with Crippen LogP contribution in [-0.4, -0.2) is 35.1 Å². The first-order valence-electron chi connectivity index (χ1n) is 0.524. The Balaban J connectivity index is -0.0000000200. The summed E-state index contributed by atoms with van der Waals surface area (Å²) in [6, 6.07) is 0. The van der Waals surface area contributed by atoms with E-state index in [0.29, 0.717) is 0 Å². The fourth-order valence-electron chi connectivity index (χ4n) is 0. The van der Waals surface area contributed by atoms with Crippen molar-refractivity contribution in [3.63, 3.8) is 0 Å². The molecule has 25 valence electrons. The molecule has 5 heavy (non-hydrogen) atoms. The molecule has 0 heterocycles. The Labute approximate surface area is 62.9 Å². The minimum Gasteiger partial charge on any atom is -0.870 e. The van der Waals surface area contributed by atoms with Crippen LogP contribution in [0.4, 0.5) is 0 Å². The average molecular weight is 179 g/mol. The van der Waals surface area contributed by atoms with Crippen LogP contribution in [0.25, 0.3) is 0 Å². The summed E-state index contributed by atoms with van der Waals surface area (Å²) in [6.07, 6.45) is 0. The molecule has 0 aromatic rings. The minimum absolute atomic E-state index is 0. The van der Waals surface area contributed by atoms with E-state index >= 15 is 0 Å². The van der Waals surface area contributed by atoms with Crippen molar-refractivity contribution < 1.29 is 33.8 Å². The van der Waals surface area contributed by atoms with E-state index in [1.165, 1.54) is 0 Å². The molecule has 0 atom stereocenters. The van der Waals surface area contributed by atoms with Gasteiger partial charge in [0.15, 0.2) is 0 Å². The average Bonchev–Trinajstić information content (AvgIpc) is 0.918. The summed E-state index contributed by atoms with van der Waals surface area (Å²) < 4.78 is 9.05. The molecule has 0 radical (unpaired) electrons. The molecule has 0 bridgehead atoms. The van der Waals surface area contributed by atoms with E-state index in [2.05, 4.69) is 0 Å². The minimum atomic E-state index is -0.410. The predicted molar refractivity (Wildman–Crippen MR) is 16.9 cm³/mol. The van der Waals surface area contributed by atoms with Crippen LogP contribution in [0.2, 0.25) is 0 Å².